The van der Waals surface area contributed by atoms with E-state index >= 15 is 0 Å². The van der Waals surface area contributed by atoms with Gasteiger partial charge in [-0.05, 0) is 87.5 Å². The first-order valence-corrected chi connectivity index (χ1v) is 27.5. The van der Waals surface area contributed by atoms with Gasteiger partial charge in [0, 0.05) is 58.6 Å². The number of fused-ring (bicyclic) bond motifs is 17. The molecule has 18 rings (SSSR count). The first-order chi connectivity index (χ1) is 52.1. The maximum absolute atomic E-state index is 13.4. The van der Waals surface area contributed by atoms with E-state index in [9.17, 15) is 40.7 Å². The molecule has 5 aromatic heterocycles. The average Bonchev–Trinajstić information content (AvgIpc) is 1.53. The molecule has 0 fully saturated rings. The fraction of sp³-hybridized carbons (Fsp3) is 0. The van der Waals surface area contributed by atoms with Gasteiger partial charge in [-0.15, -0.1) is 11.3 Å². The maximum atomic E-state index is 13.4. The predicted molar refractivity (Wildman–Crippen MR) is 354 cm³/mol. The van der Waals surface area contributed by atoms with E-state index in [4.69, 9.17) is 2.74 Å². The highest BCUT2D eigenvalue weighted by Gasteiger charge is 2.35. The molecule has 13 aromatic carbocycles. The van der Waals surface area contributed by atoms with Crippen molar-refractivity contribution in [1.82, 2.24) is 18.3 Å². The summed E-state index contributed by atoms with van der Waals surface area (Å²) in [6, 6.07) is 20.8. The average molecular weight is 1120 g/mol. The smallest absolute Gasteiger partial charge is 0.104 e. The van der Waals surface area contributed by atoms with E-state index < -0.39 is 244 Å². The summed E-state index contributed by atoms with van der Waals surface area (Å²) in [4.78, 5) is 0. The number of thiophene rings is 1. The molecule has 0 aliphatic rings. The van der Waals surface area contributed by atoms with Crippen LogP contribution in [-0.2, 0) is 0 Å². The zero-order valence-corrected chi connectivity index (χ0v) is 44.5. The van der Waals surface area contributed by atoms with Crippen LogP contribution in [0.15, 0.2) is 266 Å². The standard InChI is InChI=1S/C78H44N6S/c79-45-63-73(81-65-33-12-5-25-53(65)54-26-6-13-34-66(54)81)74(82-67-35-14-7-27-55(67)56-28-8-15-36-68(56)82)64(46-80)76(75(63)83-69-37-16-9-29-57(69)58-30-10-17-38-70(58)83)84-71-43-40-48(50-23-3-4-24-51(50)52-32-19-21-47-20-1-2-22-49(47)52)44-62(71)60-41-42-61-59-31-11-18-39-72(59)85-78(61)77(60)84/h1-44H/i5D,6D,7D,8D,9D,10D,12D,13D,14D,15D,16D,17D,25D,26D,27D,28D,29D,30D,33D,34D,35D,36D,37D,38D. The highest BCUT2D eigenvalue weighted by molar-refractivity contribution is 7.26. The Hall–Kier alpha value is -11.5. The van der Waals surface area contributed by atoms with Gasteiger partial charge in [0.2, 0.25) is 0 Å². The van der Waals surface area contributed by atoms with Crippen molar-refractivity contribution in [2.45, 2.75) is 0 Å². The topological polar surface area (TPSA) is 67.3 Å². The molecule has 0 aliphatic carbocycles. The van der Waals surface area contributed by atoms with E-state index in [-0.39, 0.29) is 11.0 Å². The molecular formula is C78H44N6S. The molecule has 392 valence electrons. The van der Waals surface area contributed by atoms with Gasteiger partial charge in [0.25, 0.3) is 0 Å². The van der Waals surface area contributed by atoms with Crippen molar-refractivity contribution in [1.29, 1.82) is 10.5 Å². The van der Waals surface area contributed by atoms with Crippen molar-refractivity contribution >= 4 is 130 Å². The number of hydrogen-bond donors (Lipinski definition) is 0. The molecule has 7 heteroatoms. The van der Waals surface area contributed by atoms with Gasteiger partial charge in [-0.2, -0.15) is 10.5 Å². The summed E-state index contributed by atoms with van der Waals surface area (Å²) in [5.74, 6) is 0. The minimum Gasteiger partial charge on any atom is -0.306 e. The van der Waals surface area contributed by atoms with E-state index in [0.29, 0.717) is 26.4 Å². The van der Waals surface area contributed by atoms with E-state index in [0.717, 1.165) is 51.3 Å². The van der Waals surface area contributed by atoms with Crippen molar-refractivity contribution in [2.24, 2.45) is 0 Å². The molecule has 0 amide bonds. The first kappa shape index (κ1) is 29.5. The second kappa shape index (κ2) is 18.0. The van der Waals surface area contributed by atoms with Gasteiger partial charge in [-0.1, -0.05) is 212 Å². The number of aromatic nitrogens is 4. The Labute approximate surface area is 524 Å². The highest BCUT2D eigenvalue weighted by atomic mass is 32.1. The Morgan fingerprint density at radius 1 is 0.318 bits per heavy atom. The molecule has 0 spiro atoms. The molecule has 0 aliphatic heterocycles. The van der Waals surface area contributed by atoms with Crippen molar-refractivity contribution in [3.8, 4) is 57.1 Å². The van der Waals surface area contributed by atoms with Gasteiger partial charge in [0.15, 0.2) is 0 Å². The van der Waals surface area contributed by atoms with Gasteiger partial charge in [0.1, 0.15) is 23.3 Å². The van der Waals surface area contributed by atoms with E-state index in [1.165, 1.54) is 11.3 Å². The molecule has 6 nitrogen and oxygen atoms in total. The Balaban J connectivity index is 1.20. The van der Waals surface area contributed by atoms with E-state index in [1.54, 1.807) is 10.6 Å². The fourth-order valence-corrected chi connectivity index (χ4v) is 14.1. The molecule has 5 heterocycles. The summed E-state index contributed by atoms with van der Waals surface area (Å²) >= 11 is 1.30. The summed E-state index contributed by atoms with van der Waals surface area (Å²) < 4.78 is 236. The molecule has 0 atom stereocenters. The van der Waals surface area contributed by atoms with Crippen LogP contribution in [0.5, 0.6) is 0 Å². The molecule has 18 aromatic rings. The van der Waals surface area contributed by atoms with Crippen LogP contribution in [0.25, 0.3) is 163 Å². The summed E-state index contributed by atoms with van der Waals surface area (Å²) in [5, 5.41) is 27.4. The lowest BCUT2D eigenvalue weighted by molar-refractivity contribution is 1.03. The van der Waals surface area contributed by atoms with Crippen LogP contribution < -0.4 is 0 Å². The lowest BCUT2D eigenvalue weighted by Crippen LogP contribution is -2.16. The zero-order valence-electron chi connectivity index (χ0n) is 67.6. The Morgan fingerprint density at radius 3 is 1.25 bits per heavy atom. The Bertz CT molecular complexity index is 7280. The summed E-state index contributed by atoms with van der Waals surface area (Å²) in [6.45, 7) is 0. The van der Waals surface area contributed by atoms with Crippen LogP contribution in [-0.4, -0.2) is 18.3 Å². The van der Waals surface area contributed by atoms with Crippen LogP contribution in [0.2, 0.25) is 0 Å². The number of benzene rings is 13. The second-order valence-corrected chi connectivity index (χ2v) is 21.3. The number of para-hydroxylation sites is 6. The highest BCUT2D eigenvalue weighted by Crippen LogP contribution is 2.51. The SMILES string of the molecule is [2H]c1c([2H])c([2H])c2c(c1[2H])c1c([2H])c([2H])c([2H])c([2H])c1n2-c1c(C#N)c(-n2c3c([2H])c([2H])c([2H])c([2H])c3c3c([2H])c([2H])c([2H])c([2H])c32)c(-n2c3ccc(-c4ccccc4-c4cccc5ccccc45)cc3c3ccc4c5ccccc5sc4c32)c(C#N)c1-n1c2c([2H])c([2H])c([2H])c([2H])c2c2c([2H])c([2H])c([2H])c([2H])c21. The predicted octanol–water partition coefficient (Wildman–Crippen LogP) is 20.7. The minimum absolute atomic E-state index is 0.183. The molecular weight excluding hydrogens is 1050 g/mol. The maximum Gasteiger partial charge on any atom is 0.104 e. The van der Waals surface area contributed by atoms with Crippen LogP contribution in [0.1, 0.15) is 44.0 Å². The van der Waals surface area contributed by atoms with E-state index in [1.807, 2.05) is 115 Å². The number of hydrogen-bond acceptors (Lipinski definition) is 3. The molecule has 0 radical (unpaired) electrons. The molecule has 0 saturated heterocycles. The van der Waals surface area contributed by atoms with Crippen molar-refractivity contribution in [3.05, 3.63) is 277 Å². The quantitative estimate of drug-likeness (QED) is 0.166. The third-order valence-electron chi connectivity index (χ3n) is 16.2. The van der Waals surface area contributed by atoms with E-state index in [2.05, 4.69) is 12.1 Å². The van der Waals surface area contributed by atoms with Crippen molar-refractivity contribution < 1.29 is 32.9 Å². The number of rotatable bonds is 6. The van der Waals surface area contributed by atoms with Gasteiger partial charge in [-0.25, -0.2) is 0 Å². The molecule has 0 unspecified atom stereocenters. The van der Waals surface area contributed by atoms with Crippen LogP contribution in [0.3, 0.4) is 0 Å². The normalized spacial score (nSPS) is 15.9. The third-order valence-corrected chi connectivity index (χ3v) is 17.4. The Kier molecular flexibility index (Phi) is 6.25. The summed E-state index contributed by atoms with van der Waals surface area (Å²) in [7, 11) is 0. The monoisotopic (exact) mass is 1120 g/mol. The van der Waals surface area contributed by atoms with Gasteiger partial charge < -0.3 is 18.3 Å². The van der Waals surface area contributed by atoms with Gasteiger partial charge >= 0.3 is 0 Å². The molecule has 85 heavy (non-hydrogen) atoms. The number of nitriles is 2. The van der Waals surface area contributed by atoms with Crippen LogP contribution >= 0.6 is 11.3 Å². The lowest BCUT2D eigenvalue weighted by Gasteiger charge is -2.27. The molecule has 0 saturated carbocycles. The largest absolute Gasteiger partial charge is 0.306 e. The fourth-order valence-electron chi connectivity index (χ4n) is 12.8. The van der Waals surface area contributed by atoms with Gasteiger partial charge in [-0.3, -0.25) is 0 Å². The zero-order chi connectivity index (χ0) is 76.9. The molecule has 0 bridgehead atoms. The summed E-state index contributed by atoms with van der Waals surface area (Å²) in [5.41, 5.74) is -5.30. The Morgan fingerprint density at radius 2 is 0.729 bits per heavy atom. The minimum atomic E-state index is -0.986. The summed E-state index contributed by atoms with van der Waals surface area (Å²) in [6.07, 6.45) is 0. The number of nitrogens with zero attached hydrogens (tertiary/aromatic N) is 6. The van der Waals surface area contributed by atoms with Crippen molar-refractivity contribution in [2.75, 3.05) is 0 Å². The lowest BCUT2D eigenvalue weighted by atomic mass is 9.91. The second-order valence-electron chi connectivity index (χ2n) is 20.3. The molecule has 0 N–H and O–H groups in total. The third kappa shape index (κ3) is 6.50. The van der Waals surface area contributed by atoms with Crippen LogP contribution in [0, 0.1) is 22.7 Å². The van der Waals surface area contributed by atoms with Gasteiger partial charge in [0.05, 0.1) is 104 Å². The van der Waals surface area contributed by atoms with Crippen LogP contribution in [0.4, 0.5) is 0 Å². The first-order valence-electron chi connectivity index (χ1n) is 38.7. The van der Waals surface area contributed by atoms with Crippen molar-refractivity contribution in [3.63, 3.8) is 0 Å².